The average Bonchev–Trinajstić information content (AvgIpc) is 2.52. The molecule has 1 rings (SSSR count). The van der Waals surface area contributed by atoms with Crippen LogP contribution in [0.15, 0.2) is 40.0 Å². The van der Waals surface area contributed by atoms with Gasteiger partial charge in [0.1, 0.15) is 11.5 Å². The Labute approximate surface area is 149 Å². The SMILES string of the molecule is CCSCCC(=N/C=C1/C(COP(=O)(O)O)=CNC(C)=C1O)C(=O)O. The van der Waals surface area contributed by atoms with Crippen molar-refractivity contribution < 1.29 is 33.9 Å². The molecular weight excluding hydrogens is 371 g/mol. The topological polar surface area (TPSA) is 149 Å². The van der Waals surface area contributed by atoms with Crippen LogP contribution in [0.25, 0.3) is 0 Å². The lowest BCUT2D eigenvalue weighted by Crippen LogP contribution is -2.18. The number of nitrogens with one attached hydrogen (secondary N) is 1. The average molecular weight is 392 g/mol. The van der Waals surface area contributed by atoms with Gasteiger partial charge in [-0.15, -0.1) is 0 Å². The molecule has 0 spiro atoms. The number of phosphoric ester groups is 1. The number of aliphatic imine (C=N–C) groups is 1. The van der Waals surface area contributed by atoms with E-state index >= 15 is 0 Å². The first kappa shape index (κ1) is 21.5. The Morgan fingerprint density at radius 1 is 1.48 bits per heavy atom. The number of carbonyl (C=O) groups is 1. The number of carboxylic acid groups (broad SMARTS) is 1. The number of allylic oxidation sites excluding steroid dienone is 2. The summed E-state index contributed by atoms with van der Waals surface area (Å²) in [7, 11) is -4.69. The van der Waals surface area contributed by atoms with E-state index in [0.717, 1.165) is 12.0 Å². The van der Waals surface area contributed by atoms with Gasteiger partial charge in [0, 0.05) is 30.0 Å². The molecule has 1 aliphatic rings. The Hall–Kier alpha value is -1.58. The zero-order chi connectivity index (χ0) is 19.0. The van der Waals surface area contributed by atoms with Crippen molar-refractivity contribution in [1.29, 1.82) is 0 Å². The van der Waals surface area contributed by atoms with Crippen LogP contribution in [0, 0.1) is 0 Å². The smallest absolute Gasteiger partial charge is 0.469 e. The Bertz CT molecular complexity index is 679. The molecule has 0 unspecified atom stereocenters. The van der Waals surface area contributed by atoms with Crippen molar-refractivity contribution in [2.24, 2.45) is 4.99 Å². The molecule has 1 aliphatic heterocycles. The van der Waals surface area contributed by atoms with Crippen LogP contribution in [-0.4, -0.2) is 49.8 Å². The number of aliphatic hydroxyl groups is 1. The van der Waals surface area contributed by atoms with E-state index < -0.39 is 20.4 Å². The first-order chi connectivity index (χ1) is 11.7. The second kappa shape index (κ2) is 9.79. The molecule has 5 N–H and O–H groups in total. The second-order valence-corrected chi connectivity index (χ2v) is 7.56. The van der Waals surface area contributed by atoms with Gasteiger partial charge >= 0.3 is 13.8 Å². The molecule has 0 aliphatic carbocycles. The maximum atomic E-state index is 11.3. The molecule has 0 aromatic rings. The zero-order valence-electron chi connectivity index (χ0n) is 13.8. The molecule has 140 valence electrons. The van der Waals surface area contributed by atoms with Crippen LogP contribution in [0.3, 0.4) is 0 Å². The molecule has 0 aromatic carbocycles. The number of aliphatic carboxylic acids is 1. The van der Waals surface area contributed by atoms with Crippen molar-refractivity contribution in [3.63, 3.8) is 0 Å². The fourth-order valence-corrected chi connectivity index (χ4v) is 2.73. The van der Waals surface area contributed by atoms with Crippen molar-refractivity contribution >= 4 is 31.3 Å². The van der Waals surface area contributed by atoms with Gasteiger partial charge in [0.2, 0.25) is 0 Å². The van der Waals surface area contributed by atoms with Gasteiger partial charge in [0.15, 0.2) is 0 Å². The normalized spacial score (nSPS) is 17.5. The van der Waals surface area contributed by atoms with Gasteiger partial charge in [-0.25, -0.2) is 9.36 Å². The molecule has 0 aromatic heterocycles. The summed E-state index contributed by atoms with van der Waals surface area (Å²) >= 11 is 1.58. The summed E-state index contributed by atoms with van der Waals surface area (Å²) in [5.74, 6) is 0.0783. The van der Waals surface area contributed by atoms with Crippen LogP contribution in [0.2, 0.25) is 0 Å². The minimum absolute atomic E-state index is 0.0762. The summed E-state index contributed by atoms with van der Waals surface area (Å²) in [6.45, 7) is 3.06. The molecular formula is C14H21N2O7PS. The van der Waals surface area contributed by atoms with Gasteiger partial charge in [-0.05, 0) is 18.4 Å². The number of hydrogen-bond acceptors (Lipinski definition) is 7. The van der Waals surface area contributed by atoms with E-state index in [9.17, 15) is 19.6 Å². The van der Waals surface area contributed by atoms with E-state index in [1.54, 1.807) is 18.7 Å². The molecule has 1 heterocycles. The molecule has 9 nitrogen and oxygen atoms in total. The van der Waals surface area contributed by atoms with Gasteiger partial charge in [0.25, 0.3) is 0 Å². The maximum absolute atomic E-state index is 11.3. The van der Waals surface area contributed by atoms with Crippen LogP contribution < -0.4 is 5.32 Å². The minimum Gasteiger partial charge on any atom is -0.505 e. The Balaban J connectivity index is 3.06. The molecule has 0 amide bonds. The second-order valence-electron chi connectivity index (χ2n) is 4.92. The number of carboxylic acids is 1. The van der Waals surface area contributed by atoms with Crippen molar-refractivity contribution in [1.82, 2.24) is 5.32 Å². The lowest BCUT2D eigenvalue weighted by Gasteiger charge is -2.19. The minimum atomic E-state index is -4.69. The fourth-order valence-electron chi connectivity index (χ4n) is 1.80. The Kier molecular flexibility index (Phi) is 8.40. The van der Waals surface area contributed by atoms with Crippen LogP contribution >= 0.6 is 19.6 Å². The number of aliphatic hydroxyl groups excluding tert-OH is 1. The standard InChI is InChI=1S/C14H21N2O7PS/c1-3-25-5-4-12(14(18)19)16-7-11-10(8-23-24(20,21)22)6-15-9(2)13(11)17/h6-7,15,17H,3-5,8H2,1-2H3,(H,18,19)(H2,20,21,22)/b11-7-,16-12?. The van der Waals surface area contributed by atoms with E-state index in [1.807, 2.05) is 6.92 Å². The monoisotopic (exact) mass is 392 g/mol. The molecule has 25 heavy (non-hydrogen) atoms. The number of rotatable bonds is 9. The lowest BCUT2D eigenvalue weighted by atomic mass is 10.0. The number of nitrogens with zero attached hydrogens (tertiary/aromatic N) is 1. The Morgan fingerprint density at radius 3 is 2.72 bits per heavy atom. The van der Waals surface area contributed by atoms with E-state index in [-0.39, 0.29) is 29.0 Å². The number of hydrogen-bond donors (Lipinski definition) is 5. The third-order valence-electron chi connectivity index (χ3n) is 3.09. The molecule has 0 saturated heterocycles. The van der Waals surface area contributed by atoms with Crippen LogP contribution in [0.1, 0.15) is 20.3 Å². The highest BCUT2D eigenvalue weighted by molar-refractivity contribution is 7.99. The van der Waals surface area contributed by atoms with Crippen LogP contribution in [0.5, 0.6) is 0 Å². The predicted octanol–water partition coefficient (Wildman–Crippen LogP) is 1.92. The molecule has 0 radical (unpaired) electrons. The van der Waals surface area contributed by atoms with Gasteiger partial charge in [0.05, 0.1) is 12.3 Å². The van der Waals surface area contributed by atoms with Gasteiger partial charge in [-0.1, -0.05) is 6.92 Å². The highest BCUT2D eigenvalue weighted by atomic mass is 32.2. The lowest BCUT2D eigenvalue weighted by molar-refractivity contribution is -0.129. The number of thioether (sulfide) groups is 1. The van der Waals surface area contributed by atoms with Crippen molar-refractivity contribution in [2.75, 3.05) is 18.1 Å². The van der Waals surface area contributed by atoms with E-state index in [0.29, 0.717) is 11.4 Å². The highest BCUT2D eigenvalue weighted by Crippen LogP contribution is 2.37. The van der Waals surface area contributed by atoms with Crippen molar-refractivity contribution in [3.05, 3.63) is 35.0 Å². The van der Waals surface area contributed by atoms with Crippen molar-refractivity contribution in [2.45, 2.75) is 20.3 Å². The third kappa shape index (κ3) is 7.45. The van der Waals surface area contributed by atoms with E-state index in [1.165, 1.54) is 6.20 Å². The van der Waals surface area contributed by atoms with Gasteiger partial charge in [-0.3, -0.25) is 9.52 Å². The molecule has 0 saturated carbocycles. The van der Waals surface area contributed by atoms with Crippen molar-refractivity contribution in [3.8, 4) is 0 Å². The largest absolute Gasteiger partial charge is 0.505 e. The summed E-state index contributed by atoms with van der Waals surface area (Å²) in [6, 6.07) is 0. The first-order valence-corrected chi connectivity index (χ1v) is 9.98. The third-order valence-corrected chi connectivity index (χ3v) is 4.46. The Morgan fingerprint density at radius 2 is 2.16 bits per heavy atom. The maximum Gasteiger partial charge on any atom is 0.469 e. The fraction of sp³-hybridized carbons (Fsp3) is 0.429. The van der Waals surface area contributed by atoms with E-state index in [2.05, 4.69) is 14.8 Å². The summed E-state index contributed by atoms with van der Waals surface area (Å²) in [6.07, 6.45) is 2.81. The summed E-state index contributed by atoms with van der Waals surface area (Å²) in [5, 5.41) is 22.1. The quantitative estimate of drug-likeness (QED) is 0.225. The first-order valence-electron chi connectivity index (χ1n) is 7.29. The molecule has 0 atom stereocenters. The molecule has 0 fully saturated rings. The summed E-state index contributed by atoms with van der Waals surface area (Å²) in [4.78, 5) is 32.8. The number of dihydropyridines is 1. The number of phosphoric acid groups is 1. The molecule has 0 bridgehead atoms. The van der Waals surface area contributed by atoms with Crippen LogP contribution in [-0.2, 0) is 13.9 Å². The zero-order valence-corrected chi connectivity index (χ0v) is 15.5. The molecule has 11 heteroatoms. The highest BCUT2D eigenvalue weighted by Gasteiger charge is 2.22. The van der Waals surface area contributed by atoms with Gasteiger partial charge < -0.3 is 25.3 Å². The summed E-state index contributed by atoms with van der Waals surface area (Å²) in [5.41, 5.74) is 0.668. The predicted molar refractivity (Wildman–Crippen MR) is 95.3 cm³/mol. The van der Waals surface area contributed by atoms with Crippen LogP contribution in [0.4, 0.5) is 0 Å². The summed E-state index contributed by atoms with van der Waals surface area (Å²) < 4.78 is 15.3. The van der Waals surface area contributed by atoms with Gasteiger partial charge in [-0.2, -0.15) is 11.8 Å². The van der Waals surface area contributed by atoms with E-state index in [4.69, 9.17) is 9.79 Å².